The van der Waals surface area contributed by atoms with E-state index in [0.717, 1.165) is 11.1 Å². The predicted octanol–water partition coefficient (Wildman–Crippen LogP) is 2.24. The highest BCUT2D eigenvalue weighted by Gasteiger charge is 2.09. The molecule has 2 aromatic rings. The lowest BCUT2D eigenvalue weighted by Crippen LogP contribution is -2.04. The Morgan fingerprint density at radius 1 is 1.32 bits per heavy atom. The molecule has 0 bridgehead atoms. The molecule has 1 heterocycles. The molecule has 0 unspecified atom stereocenters. The first-order valence-electron chi connectivity index (χ1n) is 5.71. The molecule has 0 aliphatic rings. The van der Waals surface area contributed by atoms with E-state index in [1.54, 1.807) is 0 Å². The molecule has 19 heavy (non-hydrogen) atoms. The molecule has 1 aromatic carbocycles. The Hall–Kier alpha value is -1.85. The van der Waals surface area contributed by atoms with E-state index < -0.39 is 0 Å². The third kappa shape index (κ3) is 3.33. The molecule has 2 N–H and O–H groups in total. The first-order chi connectivity index (χ1) is 9.24. The van der Waals surface area contributed by atoms with E-state index in [0.29, 0.717) is 18.1 Å². The summed E-state index contributed by atoms with van der Waals surface area (Å²) in [6.45, 7) is 0.577. The number of benzene rings is 1. The van der Waals surface area contributed by atoms with Gasteiger partial charge in [0, 0.05) is 6.54 Å². The van der Waals surface area contributed by atoms with E-state index in [1.807, 2.05) is 24.3 Å². The topological polar surface area (TPSA) is 67.3 Å². The van der Waals surface area contributed by atoms with Crippen molar-refractivity contribution in [1.29, 1.82) is 0 Å². The van der Waals surface area contributed by atoms with Crippen molar-refractivity contribution in [1.82, 2.24) is 9.97 Å². The summed E-state index contributed by atoms with van der Waals surface area (Å²) < 4.78 is 5.15. The zero-order valence-corrected chi connectivity index (χ0v) is 11.2. The molecule has 100 valence electrons. The number of hydrogen-bond acceptors (Lipinski definition) is 5. The van der Waals surface area contributed by atoms with Gasteiger partial charge < -0.3 is 15.2 Å². The monoisotopic (exact) mass is 279 g/mol. The molecule has 6 heteroatoms. The van der Waals surface area contributed by atoms with Crippen molar-refractivity contribution in [3.05, 3.63) is 46.9 Å². The lowest BCUT2D eigenvalue weighted by Gasteiger charge is -2.10. The van der Waals surface area contributed by atoms with Crippen molar-refractivity contribution >= 4 is 17.4 Å². The molecule has 0 atom stereocenters. The van der Waals surface area contributed by atoms with Crippen molar-refractivity contribution in [3.8, 4) is 5.75 Å². The standard InChI is InChI=1S/C13H14ClN3O2/c1-19-11-12(14)16-8-17-13(11)15-6-9-3-2-4-10(5-9)7-18/h2-5,8,18H,6-7H2,1H3,(H,15,16,17). The average molecular weight is 280 g/mol. The maximum absolute atomic E-state index is 9.09. The maximum atomic E-state index is 9.09. The van der Waals surface area contributed by atoms with E-state index in [-0.39, 0.29) is 11.8 Å². The van der Waals surface area contributed by atoms with Gasteiger partial charge in [-0.3, -0.25) is 0 Å². The molecule has 1 aromatic heterocycles. The fraction of sp³-hybridized carbons (Fsp3) is 0.231. The van der Waals surface area contributed by atoms with Gasteiger partial charge in [0.2, 0.25) is 0 Å². The van der Waals surface area contributed by atoms with Crippen LogP contribution in [0.1, 0.15) is 11.1 Å². The van der Waals surface area contributed by atoms with Gasteiger partial charge in [0.15, 0.2) is 16.7 Å². The molecule has 0 saturated heterocycles. The average Bonchev–Trinajstić information content (AvgIpc) is 2.45. The number of aliphatic hydroxyl groups is 1. The number of methoxy groups -OCH3 is 1. The highest BCUT2D eigenvalue weighted by atomic mass is 35.5. The van der Waals surface area contributed by atoms with Gasteiger partial charge in [0.1, 0.15) is 6.33 Å². The van der Waals surface area contributed by atoms with Crippen LogP contribution in [0.4, 0.5) is 5.82 Å². The Morgan fingerprint density at radius 2 is 2.11 bits per heavy atom. The summed E-state index contributed by atoms with van der Waals surface area (Å²) in [6.07, 6.45) is 1.37. The minimum absolute atomic E-state index is 0.0243. The quantitative estimate of drug-likeness (QED) is 0.822. The van der Waals surface area contributed by atoms with E-state index in [2.05, 4.69) is 15.3 Å². The number of ether oxygens (including phenoxy) is 1. The highest BCUT2D eigenvalue weighted by molar-refractivity contribution is 6.31. The molecule has 0 aliphatic heterocycles. The van der Waals surface area contributed by atoms with Crippen LogP contribution in [0.5, 0.6) is 5.75 Å². The number of anilines is 1. The predicted molar refractivity (Wildman–Crippen MR) is 73.3 cm³/mol. The summed E-state index contributed by atoms with van der Waals surface area (Å²) in [5, 5.41) is 12.5. The minimum Gasteiger partial charge on any atom is -0.490 e. The zero-order valence-electron chi connectivity index (χ0n) is 10.4. The van der Waals surface area contributed by atoms with Crippen molar-refractivity contribution in [2.75, 3.05) is 12.4 Å². The van der Waals surface area contributed by atoms with Crippen LogP contribution in [0.3, 0.4) is 0 Å². The van der Waals surface area contributed by atoms with Gasteiger partial charge in [-0.15, -0.1) is 0 Å². The van der Waals surface area contributed by atoms with E-state index in [1.165, 1.54) is 13.4 Å². The summed E-state index contributed by atoms with van der Waals surface area (Å²) in [5.74, 6) is 0.958. The molecule has 2 rings (SSSR count). The fourth-order valence-corrected chi connectivity index (χ4v) is 1.89. The van der Waals surface area contributed by atoms with Crippen LogP contribution < -0.4 is 10.1 Å². The van der Waals surface area contributed by atoms with Crippen LogP contribution in [0.25, 0.3) is 0 Å². The van der Waals surface area contributed by atoms with Gasteiger partial charge in [-0.05, 0) is 11.1 Å². The van der Waals surface area contributed by atoms with Gasteiger partial charge in [-0.25, -0.2) is 9.97 Å². The molecular formula is C13H14ClN3O2. The van der Waals surface area contributed by atoms with Gasteiger partial charge in [0.05, 0.1) is 13.7 Å². The molecule has 0 spiro atoms. The van der Waals surface area contributed by atoms with E-state index in [4.69, 9.17) is 21.4 Å². The summed E-state index contributed by atoms with van der Waals surface area (Å²) >= 11 is 5.91. The zero-order chi connectivity index (χ0) is 13.7. The first-order valence-corrected chi connectivity index (χ1v) is 6.09. The summed E-state index contributed by atoms with van der Waals surface area (Å²) in [6, 6.07) is 7.64. The van der Waals surface area contributed by atoms with Crippen molar-refractivity contribution < 1.29 is 9.84 Å². The van der Waals surface area contributed by atoms with Crippen LogP contribution in [-0.2, 0) is 13.2 Å². The van der Waals surface area contributed by atoms with Crippen molar-refractivity contribution in [3.63, 3.8) is 0 Å². The number of halogens is 1. The number of nitrogens with zero attached hydrogens (tertiary/aromatic N) is 2. The second-order valence-electron chi connectivity index (χ2n) is 3.88. The first kappa shape index (κ1) is 13.6. The second kappa shape index (κ2) is 6.36. The van der Waals surface area contributed by atoms with E-state index in [9.17, 15) is 0 Å². The molecular weight excluding hydrogens is 266 g/mol. The molecule has 0 fully saturated rings. The second-order valence-corrected chi connectivity index (χ2v) is 4.24. The number of hydrogen-bond donors (Lipinski definition) is 2. The van der Waals surface area contributed by atoms with E-state index >= 15 is 0 Å². The van der Waals surface area contributed by atoms with Crippen molar-refractivity contribution in [2.45, 2.75) is 13.2 Å². The highest BCUT2D eigenvalue weighted by Crippen LogP contribution is 2.28. The maximum Gasteiger partial charge on any atom is 0.198 e. The molecule has 0 amide bonds. The van der Waals surface area contributed by atoms with Crippen LogP contribution in [-0.4, -0.2) is 22.2 Å². The number of aliphatic hydroxyl groups excluding tert-OH is 1. The SMILES string of the molecule is COc1c(Cl)ncnc1NCc1cccc(CO)c1. The largest absolute Gasteiger partial charge is 0.490 e. The number of rotatable bonds is 5. The third-order valence-electron chi connectivity index (χ3n) is 2.60. The van der Waals surface area contributed by atoms with Gasteiger partial charge in [-0.2, -0.15) is 0 Å². The van der Waals surface area contributed by atoms with Crippen LogP contribution in [0, 0.1) is 0 Å². The molecule has 0 saturated carbocycles. The fourth-order valence-electron chi connectivity index (χ4n) is 1.68. The minimum atomic E-state index is 0.0243. The third-order valence-corrected chi connectivity index (χ3v) is 2.87. The Bertz CT molecular complexity index is 563. The van der Waals surface area contributed by atoms with Gasteiger partial charge >= 0.3 is 0 Å². The van der Waals surface area contributed by atoms with Gasteiger partial charge in [0.25, 0.3) is 0 Å². The Balaban J connectivity index is 2.12. The molecule has 5 nitrogen and oxygen atoms in total. The summed E-state index contributed by atoms with van der Waals surface area (Å²) in [4.78, 5) is 7.94. The number of nitrogens with one attached hydrogen (secondary N) is 1. The lowest BCUT2D eigenvalue weighted by molar-refractivity contribution is 0.281. The summed E-state index contributed by atoms with van der Waals surface area (Å²) in [5.41, 5.74) is 1.90. The van der Waals surface area contributed by atoms with Crippen LogP contribution in [0.2, 0.25) is 5.15 Å². The van der Waals surface area contributed by atoms with Crippen LogP contribution in [0.15, 0.2) is 30.6 Å². The van der Waals surface area contributed by atoms with Crippen molar-refractivity contribution in [2.24, 2.45) is 0 Å². The summed E-state index contributed by atoms with van der Waals surface area (Å²) in [7, 11) is 1.52. The Kier molecular flexibility index (Phi) is 4.54. The normalized spacial score (nSPS) is 10.3. The Labute approximate surface area is 116 Å². The Morgan fingerprint density at radius 3 is 2.84 bits per heavy atom. The van der Waals surface area contributed by atoms with Gasteiger partial charge in [-0.1, -0.05) is 35.9 Å². The molecule has 0 aliphatic carbocycles. The molecule has 0 radical (unpaired) electrons. The lowest BCUT2D eigenvalue weighted by atomic mass is 10.1. The number of aromatic nitrogens is 2. The van der Waals surface area contributed by atoms with Crippen LogP contribution >= 0.6 is 11.6 Å². The smallest absolute Gasteiger partial charge is 0.198 e.